The van der Waals surface area contributed by atoms with Crippen molar-refractivity contribution in [1.29, 1.82) is 0 Å². The maximum atomic E-state index is 10.9. The van der Waals surface area contributed by atoms with Gasteiger partial charge < -0.3 is 9.36 Å². The molecule has 0 atom stereocenters. The number of hydrogen-bond donors (Lipinski definition) is 0. The van der Waals surface area contributed by atoms with E-state index in [2.05, 4.69) is 42.0 Å². The number of Topliss-reactive ketones (excluding diaryl/α,β-unsaturated/α-hetero) is 1. The van der Waals surface area contributed by atoms with Gasteiger partial charge >= 0.3 is 0 Å². The SMILES string of the molecule is CC(=O)CCCn1ccc2cc(C)ccc21. The molecule has 0 spiro atoms. The highest BCUT2D eigenvalue weighted by Gasteiger charge is 2.01. The first kappa shape index (κ1) is 10.9. The molecule has 0 fully saturated rings. The van der Waals surface area contributed by atoms with Crippen molar-refractivity contribution < 1.29 is 4.79 Å². The van der Waals surface area contributed by atoms with Crippen LogP contribution < -0.4 is 0 Å². The van der Waals surface area contributed by atoms with E-state index in [0.29, 0.717) is 6.42 Å². The topological polar surface area (TPSA) is 22.0 Å². The Morgan fingerprint density at radius 1 is 1.31 bits per heavy atom. The lowest BCUT2D eigenvalue weighted by Gasteiger charge is -2.04. The molecule has 0 saturated carbocycles. The summed E-state index contributed by atoms with van der Waals surface area (Å²) >= 11 is 0. The van der Waals surface area contributed by atoms with E-state index in [-0.39, 0.29) is 5.78 Å². The van der Waals surface area contributed by atoms with Crippen LogP contribution in [0.2, 0.25) is 0 Å². The van der Waals surface area contributed by atoms with Gasteiger partial charge in [-0.2, -0.15) is 0 Å². The molecule has 2 nitrogen and oxygen atoms in total. The predicted octanol–water partition coefficient (Wildman–Crippen LogP) is 3.32. The van der Waals surface area contributed by atoms with E-state index in [1.165, 1.54) is 16.5 Å². The van der Waals surface area contributed by atoms with Crippen molar-refractivity contribution in [2.75, 3.05) is 0 Å². The molecule has 0 unspecified atom stereocenters. The van der Waals surface area contributed by atoms with E-state index >= 15 is 0 Å². The van der Waals surface area contributed by atoms with Crippen molar-refractivity contribution in [3.05, 3.63) is 36.0 Å². The van der Waals surface area contributed by atoms with Gasteiger partial charge in [0.15, 0.2) is 0 Å². The fourth-order valence-corrected chi connectivity index (χ4v) is 2.01. The summed E-state index contributed by atoms with van der Waals surface area (Å²) in [6.07, 6.45) is 3.70. The lowest BCUT2D eigenvalue weighted by molar-refractivity contribution is -0.117. The van der Waals surface area contributed by atoms with Crippen molar-refractivity contribution in [3.63, 3.8) is 0 Å². The monoisotopic (exact) mass is 215 g/mol. The molecule has 84 valence electrons. The predicted molar refractivity (Wildman–Crippen MR) is 66.6 cm³/mol. The molecule has 2 rings (SSSR count). The van der Waals surface area contributed by atoms with Gasteiger partial charge in [-0.1, -0.05) is 11.6 Å². The summed E-state index contributed by atoms with van der Waals surface area (Å²) in [5, 5.41) is 1.28. The van der Waals surface area contributed by atoms with Gasteiger partial charge in [0.1, 0.15) is 5.78 Å². The zero-order valence-electron chi connectivity index (χ0n) is 9.86. The summed E-state index contributed by atoms with van der Waals surface area (Å²) < 4.78 is 2.22. The van der Waals surface area contributed by atoms with Crippen LogP contribution >= 0.6 is 0 Å². The van der Waals surface area contributed by atoms with E-state index in [9.17, 15) is 4.79 Å². The Balaban J connectivity index is 2.15. The number of rotatable bonds is 4. The number of aryl methyl sites for hydroxylation is 2. The molecule has 0 bridgehead atoms. The quantitative estimate of drug-likeness (QED) is 0.766. The lowest BCUT2D eigenvalue weighted by atomic mass is 10.2. The summed E-state index contributed by atoms with van der Waals surface area (Å²) in [6, 6.07) is 8.61. The summed E-state index contributed by atoms with van der Waals surface area (Å²) in [4.78, 5) is 10.9. The van der Waals surface area contributed by atoms with Crippen molar-refractivity contribution in [3.8, 4) is 0 Å². The number of aromatic nitrogens is 1. The van der Waals surface area contributed by atoms with Gasteiger partial charge in [-0.3, -0.25) is 0 Å². The summed E-state index contributed by atoms with van der Waals surface area (Å²) in [5.74, 6) is 0.271. The standard InChI is InChI=1S/C14H17NO/c1-11-5-6-14-13(10-11)7-9-15(14)8-3-4-12(2)16/h5-7,9-10H,3-4,8H2,1-2H3. The zero-order chi connectivity index (χ0) is 11.5. The number of nitrogens with zero attached hydrogens (tertiary/aromatic N) is 1. The highest BCUT2D eigenvalue weighted by molar-refractivity contribution is 5.80. The maximum absolute atomic E-state index is 10.9. The van der Waals surface area contributed by atoms with Crippen LogP contribution in [0.1, 0.15) is 25.3 Å². The number of hydrogen-bond acceptors (Lipinski definition) is 1. The summed E-state index contributed by atoms with van der Waals surface area (Å²) in [6.45, 7) is 4.68. The van der Waals surface area contributed by atoms with Crippen LogP contribution in [0.4, 0.5) is 0 Å². The highest BCUT2D eigenvalue weighted by atomic mass is 16.1. The number of ketones is 1. The van der Waals surface area contributed by atoms with Crippen LogP contribution in [0.15, 0.2) is 30.5 Å². The van der Waals surface area contributed by atoms with Crippen molar-refractivity contribution >= 4 is 16.7 Å². The van der Waals surface area contributed by atoms with Crippen molar-refractivity contribution in [1.82, 2.24) is 4.57 Å². The van der Waals surface area contributed by atoms with E-state index < -0.39 is 0 Å². The molecular formula is C14H17NO. The number of benzene rings is 1. The molecule has 0 aliphatic heterocycles. The van der Waals surface area contributed by atoms with E-state index in [1.54, 1.807) is 6.92 Å². The van der Waals surface area contributed by atoms with Crippen LogP contribution in [0.25, 0.3) is 10.9 Å². The first-order chi connectivity index (χ1) is 7.66. The second-order valence-electron chi connectivity index (χ2n) is 4.38. The first-order valence-electron chi connectivity index (χ1n) is 5.72. The third kappa shape index (κ3) is 2.32. The van der Waals surface area contributed by atoms with E-state index in [0.717, 1.165) is 13.0 Å². The average molecular weight is 215 g/mol. The second-order valence-corrected chi connectivity index (χ2v) is 4.38. The minimum absolute atomic E-state index is 0.271. The van der Waals surface area contributed by atoms with Crippen molar-refractivity contribution in [2.45, 2.75) is 33.2 Å². The summed E-state index contributed by atoms with van der Waals surface area (Å²) in [5.41, 5.74) is 2.54. The minimum atomic E-state index is 0.271. The molecule has 0 N–H and O–H groups in total. The van der Waals surface area contributed by atoms with Gasteiger partial charge in [-0.05, 0) is 43.9 Å². The number of carbonyl (C=O) groups is 1. The third-order valence-electron chi connectivity index (χ3n) is 2.85. The van der Waals surface area contributed by atoms with Crippen LogP contribution in [0.3, 0.4) is 0 Å². The second kappa shape index (κ2) is 4.52. The molecule has 0 aliphatic rings. The normalized spacial score (nSPS) is 10.9. The minimum Gasteiger partial charge on any atom is -0.347 e. The Kier molecular flexibility index (Phi) is 3.09. The van der Waals surface area contributed by atoms with Crippen molar-refractivity contribution in [2.24, 2.45) is 0 Å². The van der Waals surface area contributed by atoms with E-state index in [1.807, 2.05) is 0 Å². The van der Waals surface area contributed by atoms with Crippen LogP contribution in [0.5, 0.6) is 0 Å². The van der Waals surface area contributed by atoms with Crippen LogP contribution in [0, 0.1) is 6.92 Å². The van der Waals surface area contributed by atoms with Gasteiger partial charge in [0.05, 0.1) is 0 Å². The molecule has 16 heavy (non-hydrogen) atoms. The smallest absolute Gasteiger partial charge is 0.129 e. The highest BCUT2D eigenvalue weighted by Crippen LogP contribution is 2.17. The van der Waals surface area contributed by atoms with Gasteiger partial charge in [-0.15, -0.1) is 0 Å². The first-order valence-corrected chi connectivity index (χ1v) is 5.72. The van der Waals surface area contributed by atoms with Gasteiger partial charge in [0.25, 0.3) is 0 Å². The Bertz CT molecular complexity index is 510. The molecule has 2 heteroatoms. The Labute approximate surface area is 95.9 Å². The average Bonchev–Trinajstić information content (AvgIpc) is 2.60. The van der Waals surface area contributed by atoms with Crippen LogP contribution in [-0.2, 0) is 11.3 Å². The Morgan fingerprint density at radius 2 is 2.12 bits per heavy atom. The molecule has 1 aromatic carbocycles. The largest absolute Gasteiger partial charge is 0.347 e. The van der Waals surface area contributed by atoms with Gasteiger partial charge in [0, 0.05) is 24.7 Å². The van der Waals surface area contributed by atoms with Gasteiger partial charge in [0.2, 0.25) is 0 Å². The Morgan fingerprint density at radius 3 is 2.88 bits per heavy atom. The molecular weight excluding hydrogens is 198 g/mol. The molecule has 0 saturated heterocycles. The van der Waals surface area contributed by atoms with E-state index in [4.69, 9.17) is 0 Å². The molecule has 0 radical (unpaired) electrons. The lowest BCUT2D eigenvalue weighted by Crippen LogP contribution is -1.98. The molecule has 1 aromatic heterocycles. The third-order valence-corrected chi connectivity index (χ3v) is 2.85. The number of fused-ring (bicyclic) bond motifs is 1. The van der Waals surface area contributed by atoms with Crippen LogP contribution in [-0.4, -0.2) is 10.4 Å². The summed E-state index contributed by atoms with van der Waals surface area (Å²) in [7, 11) is 0. The maximum Gasteiger partial charge on any atom is 0.129 e. The molecule has 0 amide bonds. The Hall–Kier alpha value is -1.57. The molecule has 1 heterocycles. The molecule has 2 aromatic rings. The fourth-order valence-electron chi connectivity index (χ4n) is 2.01. The fraction of sp³-hybridized carbons (Fsp3) is 0.357. The zero-order valence-corrected chi connectivity index (χ0v) is 9.86. The number of carbonyl (C=O) groups excluding carboxylic acids is 1. The molecule has 0 aliphatic carbocycles. The van der Waals surface area contributed by atoms with Gasteiger partial charge in [-0.25, -0.2) is 0 Å².